The van der Waals surface area contributed by atoms with Gasteiger partial charge in [0, 0.05) is 31.0 Å². The molecule has 1 heterocycles. The van der Waals surface area contributed by atoms with E-state index < -0.39 is 23.9 Å². The number of hydrogen-bond acceptors (Lipinski definition) is 2. The van der Waals surface area contributed by atoms with Crippen LogP contribution in [0.2, 0.25) is 0 Å². The number of aliphatic hydroxyl groups excluding tert-OH is 1. The molecule has 8 heteroatoms. The first-order valence-electron chi connectivity index (χ1n) is 8.19. The van der Waals surface area contributed by atoms with E-state index >= 15 is 0 Å². The second-order valence-corrected chi connectivity index (χ2v) is 6.17. The van der Waals surface area contributed by atoms with E-state index in [1.54, 1.807) is 6.07 Å². The molecule has 0 bridgehead atoms. The summed E-state index contributed by atoms with van der Waals surface area (Å²) in [7, 11) is 1.92. The van der Waals surface area contributed by atoms with E-state index in [1.165, 1.54) is 12.1 Å². The summed E-state index contributed by atoms with van der Waals surface area (Å²) >= 11 is 0. The highest BCUT2D eigenvalue weighted by molar-refractivity contribution is 5.89. The van der Waals surface area contributed by atoms with Gasteiger partial charge in [-0.1, -0.05) is 6.07 Å². The Morgan fingerprint density at radius 1 is 1.15 bits per heavy atom. The van der Waals surface area contributed by atoms with Crippen LogP contribution >= 0.6 is 0 Å². The van der Waals surface area contributed by atoms with E-state index in [2.05, 4.69) is 10.6 Å². The van der Waals surface area contributed by atoms with Crippen LogP contribution in [0.3, 0.4) is 0 Å². The van der Waals surface area contributed by atoms with Gasteiger partial charge in [0.15, 0.2) is 0 Å². The summed E-state index contributed by atoms with van der Waals surface area (Å²) in [6.07, 6.45) is -3.42. The summed E-state index contributed by atoms with van der Waals surface area (Å²) in [6, 6.07) is 10.9. The zero-order valence-electron chi connectivity index (χ0n) is 14.4. The van der Waals surface area contributed by atoms with Crippen LogP contribution in [-0.4, -0.2) is 22.2 Å². The van der Waals surface area contributed by atoms with E-state index in [-0.39, 0.29) is 12.2 Å². The van der Waals surface area contributed by atoms with Gasteiger partial charge in [0.25, 0.3) is 0 Å². The van der Waals surface area contributed by atoms with Crippen molar-refractivity contribution in [2.75, 3.05) is 11.9 Å². The average molecular weight is 377 g/mol. The third-order valence-corrected chi connectivity index (χ3v) is 4.22. The molecule has 0 saturated carbocycles. The molecule has 3 rings (SSSR count). The molecular formula is C19H18F3N3O2. The number of halogens is 3. The fraction of sp³-hybridized carbons (Fsp3) is 0.211. The molecule has 1 aromatic heterocycles. The van der Waals surface area contributed by atoms with Gasteiger partial charge in [0.1, 0.15) is 0 Å². The number of amides is 2. The average Bonchev–Trinajstić information content (AvgIpc) is 3.00. The molecule has 3 aromatic rings. The van der Waals surface area contributed by atoms with Gasteiger partial charge in [-0.2, -0.15) is 13.2 Å². The van der Waals surface area contributed by atoms with Crippen LogP contribution in [0.5, 0.6) is 0 Å². The number of rotatable bonds is 4. The summed E-state index contributed by atoms with van der Waals surface area (Å²) in [5.41, 5.74) is 1.11. The minimum absolute atomic E-state index is 0.0369. The largest absolute Gasteiger partial charge is 0.416 e. The Labute approximate surface area is 153 Å². The summed E-state index contributed by atoms with van der Waals surface area (Å²) in [5, 5.41) is 16.2. The topological polar surface area (TPSA) is 66.3 Å². The predicted octanol–water partition coefficient (Wildman–Crippen LogP) is 4.05. The third-order valence-electron chi connectivity index (χ3n) is 4.22. The van der Waals surface area contributed by atoms with E-state index in [0.717, 1.165) is 23.0 Å². The van der Waals surface area contributed by atoms with Gasteiger partial charge in [0.05, 0.1) is 11.7 Å². The number of anilines is 1. The Hall–Kier alpha value is -3.00. The first kappa shape index (κ1) is 18.8. The van der Waals surface area contributed by atoms with Crippen molar-refractivity contribution in [3.63, 3.8) is 0 Å². The number of alkyl halides is 3. The van der Waals surface area contributed by atoms with Crippen LogP contribution < -0.4 is 10.6 Å². The first-order valence-corrected chi connectivity index (χ1v) is 8.19. The van der Waals surface area contributed by atoms with Crippen LogP contribution in [0, 0.1) is 0 Å². The van der Waals surface area contributed by atoms with Crippen LogP contribution in [-0.2, 0) is 13.2 Å². The van der Waals surface area contributed by atoms with Gasteiger partial charge in [-0.25, -0.2) is 4.79 Å². The lowest BCUT2D eigenvalue weighted by Crippen LogP contribution is -2.32. The number of urea groups is 1. The van der Waals surface area contributed by atoms with Crippen molar-refractivity contribution in [2.45, 2.75) is 12.3 Å². The van der Waals surface area contributed by atoms with Crippen molar-refractivity contribution in [1.29, 1.82) is 0 Å². The highest BCUT2D eigenvalue weighted by Crippen LogP contribution is 2.29. The molecule has 0 aliphatic heterocycles. The van der Waals surface area contributed by atoms with E-state index in [4.69, 9.17) is 0 Å². The molecule has 0 spiro atoms. The standard InChI is InChI=1S/C19H18F3N3O2/c1-25-9-8-12-10-13(2-7-16(12)25)17(26)11-23-18(27)24-15-5-3-14(4-6-15)19(20,21)22/h2-10,17,26H,11H2,1H3,(H2,23,24,27)/t17-/m0/s1. The zero-order valence-corrected chi connectivity index (χ0v) is 14.4. The molecule has 0 radical (unpaired) electrons. The van der Waals surface area contributed by atoms with Crippen LogP contribution in [0.4, 0.5) is 23.7 Å². The van der Waals surface area contributed by atoms with Gasteiger partial charge in [-0.15, -0.1) is 0 Å². The molecular weight excluding hydrogens is 359 g/mol. The lowest BCUT2D eigenvalue weighted by atomic mass is 10.1. The number of fused-ring (bicyclic) bond motifs is 1. The second-order valence-electron chi connectivity index (χ2n) is 6.17. The molecule has 0 unspecified atom stereocenters. The molecule has 3 N–H and O–H groups in total. The normalized spacial score (nSPS) is 12.8. The lowest BCUT2D eigenvalue weighted by molar-refractivity contribution is -0.137. The highest BCUT2D eigenvalue weighted by atomic mass is 19.4. The Kier molecular flexibility index (Phi) is 5.09. The van der Waals surface area contributed by atoms with Crippen molar-refractivity contribution < 1.29 is 23.1 Å². The fourth-order valence-electron chi connectivity index (χ4n) is 2.73. The summed E-state index contributed by atoms with van der Waals surface area (Å²) < 4.78 is 39.5. The van der Waals surface area contributed by atoms with Gasteiger partial charge in [-0.05, 0) is 53.4 Å². The molecule has 2 amide bonds. The molecule has 27 heavy (non-hydrogen) atoms. The molecule has 142 valence electrons. The summed E-state index contributed by atoms with van der Waals surface area (Å²) in [4.78, 5) is 11.9. The van der Waals surface area contributed by atoms with Crippen molar-refractivity contribution >= 4 is 22.6 Å². The number of aryl methyl sites for hydroxylation is 1. The number of hydrogen-bond donors (Lipinski definition) is 3. The van der Waals surface area contributed by atoms with Crippen LogP contribution in [0.15, 0.2) is 54.7 Å². The monoisotopic (exact) mass is 377 g/mol. The number of aromatic nitrogens is 1. The Balaban J connectivity index is 1.56. The maximum Gasteiger partial charge on any atom is 0.416 e. The molecule has 0 aliphatic carbocycles. The molecule has 5 nitrogen and oxygen atoms in total. The zero-order chi connectivity index (χ0) is 19.6. The minimum atomic E-state index is -4.43. The van der Waals surface area contributed by atoms with Crippen molar-refractivity contribution in [3.05, 3.63) is 65.9 Å². The quantitative estimate of drug-likeness (QED) is 0.642. The SMILES string of the molecule is Cn1ccc2cc([C@@H](O)CNC(=O)Nc3ccc(C(F)(F)F)cc3)ccc21. The van der Waals surface area contributed by atoms with Crippen LogP contribution in [0.1, 0.15) is 17.2 Å². The summed E-state index contributed by atoms with van der Waals surface area (Å²) in [5.74, 6) is 0. The second kappa shape index (κ2) is 7.32. The smallest absolute Gasteiger partial charge is 0.387 e. The number of nitrogens with zero attached hydrogens (tertiary/aromatic N) is 1. The maximum absolute atomic E-state index is 12.5. The van der Waals surface area contributed by atoms with Gasteiger partial charge < -0.3 is 20.3 Å². The number of nitrogens with one attached hydrogen (secondary N) is 2. The molecule has 0 aliphatic rings. The van der Waals surface area contributed by atoms with E-state index in [1.807, 2.05) is 36.0 Å². The van der Waals surface area contributed by atoms with E-state index in [9.17, 15) is 23.1 Å². The fourth-order valence-corrected chi connectivity index (χ4v) is 2.73. The Bertz CT molecular complexity index is 949. The van der Waals surface area contributed by atoms with Crippen LogP contribution in [0.25, 0.3) is 10.9 Å². The van der Waals surface area contributed by atoms with Crippen molar-refractivity contribution in [2.24, 2.45) is 7.05 Å². The molecule has 1 atom stereocenters. The third kappa shape index (κ3) is 4.40. The summed E-state index contributed by atoms with van der Waals surface area (Å²) in [6.45, 7) is -0.0369. The number of carbonyl (C=O) groups is 1. The number of carbonyl (C=O) groups excluding carboxylic acids is 1. The minimum Gasteiger partial charge on any atom is -0.387 e. The lowest BCUT2D eigenvalue weighted by Gasteiger charge is -2.14. The first-order chi connectivity index (χ1) is 12.7. The highest BCUT2D eigenvalue weighted by Gasteiger charge is 2.29. The molecule has 0 fully saturated rings. The van der Waals surface area contributed by atoms with Crippen molar-refractivity contribution in [1.82, 2.24) is 9.88 Å². The maximum atomic E-state index is 12.5. The number of aliphatic hydroxyl groups is 1. The van der Waals surface area contributed by atoms with Gasteiger partial charge >= 0.3 is 12.2 Å². The predicted molar refractivity (Wildman–Crippen MR) is 96.3 cm³/mol. The Morgan fingerprint density at radius 2 is 1.85 bits per heavy atom. The van der Waals surface area contributed by atoms with Gasteiger partial charge in [0.2, 0.25) is 0 Å². The van der Waals surface area contributed by atoms with Crippen molar-refractivity contribution in [3.8, 4) is 0 Å². The van der Waals surface area contributed by atoms with E-state index in [0.29, 0.717) is 5.56 Å². The van der Waals surface area contributed by atoms with Gasteiger partial charge in [-0.3, -0.25) is 0 Å². The number of benzene rings is 2. The molecule has 0 saturated heterocycles. The Morgan fingerprint density at radius 3 is 2.52 bits per heavy atom. The molecule has 2 aromatic carbocycles.